The summed E-state index contributed by atoms with van der Waals surface area (Å²) in [6.45, 7) is 4.05. The first-order valence-corrected chi connectivity index (χ1v) is 9.11. The average Bonchev–Trinajstić information content (AvgIpc) is 2.68. The van der Waals surface area contributed by atoms with Crippen molar-refractivity contribution in [2.75, 3.05) is 50.6 Å². The minimum absolute atomic E-state index is 0.0439. The van der Waals surface area contributed by atoms with E-state index in [4.69, 9.17) is 4.74 Å². The Bertz CT molecular complexity index is 722. The molecule has 1 aliphatic heterocycles. The third-order valence-electron chi connectivity index (χ3n) is 4.82. The maximum absolute atomic E-state index is 12.4. The number of hydrogen-bond donors (Lipinski definition) is 1. The smallest absolute Gasteiger partial charge is 0.224 e. The fourth-order valence-electron chi connectivity index (χ4n) is 3.17. The fourth-order valence-corrected chi connectivity index (χ4v) is 3.17. The first-order chi connectivity index (χ1) is 12.7. The van der Waals surface area contributed by atoms with Gasteiger partial charge in [0.1, 0.15) is 5.75 Å². The lowest BCUT2D eigenvalue weighted by Crippen LogP contribution is -2.44. The largest absolute Gasteiger partial charge is 0.497 e. The van der Waals surface area contributed by atoms with Crippen LogP contribution in [0, 0.1) is 0 Å². The van der Waals surface area contributed by atoms with Crippen LogP contribution < -0.4 is 15.0 Å². The summed E-state index contributed by atoms with van der Waals surface area (Å²) in [5, 5.41) is 3.09. The molecule has 0 atom stereocenters. The third-order valence-corrected chi connectivity index (χ3v) is 4.82. The van der Waals surface area contributed by atoms with E-state index >= 15 is 0 Å². The number of amides is 1. The molecule has 0 spiro atoms. The molecule has 5 heteroatoms. The summed E-state index contributed by atoms with van der Waals surface area (Å²) in [4.78, 5) is 17.1. The molecular weight excluding hydrogens is 326 g/mol. The molecule has 0 radical (unpaired) electrons. The molecule has 3 rings (SSSR count). The number of aryl methyl sites for hydroxylation is 1. The highest BCUT2D eigenvalue weighted by Gasteiger charge is 2.17. The average molecular weight is 353 g/mol. The predicted octanol–water partition coefficient (Wildman–Crippen LogP) is 3.02. The number of rotatable bonds is 6. The van der Waals surface area contributed by atoms with E-state index < -0.39 is 0 Å². The number of likely N-dealkylation sites (N-methyl/N-ethyl adjacent to an activating group) is 1. The zero-order chi connectivity index (χ0) is 18.4. The van der Waals surface area contributed by atoms with Crippen LogP contribution in [0.2, 0.25) is 0 Å². The predicted molar refractivity (Wildman–Crippen MR) is 106 cm³/mol. The number of nitrogens with zero attached hydrogens (tertiary/aromatic N) is 2. The van der Waals surface area contributed by atoms with E-state index in [2.05, 4.69) is 28.2 Å². The Morgan fingerprint density at radius 2 is 1.73 bits per heavy atom. The number of para-hydroxylation sites is 2. The van der Waals surface area contributed by atoms with Crippen molar-refractivity contribution in [1.29, 1.82) is 0 Å². The van der Waals surface area contributed by atoms with Gasteiger partial charge in [-0.3, -0.25) is 4.79 Å². The zero-order valence-electron chi connectivity index (χ0n) is 15.6. The Morgan fingerprint density at radius 3 is 2.42 bits per heavy atom. The second-order valence-electron chi connectivity index (χ2n) is 6.70. The van der Waals surface area contributed by atoms with Gasteiger partial charge in [-0.2, -0.15) is 0 Å². The molecule has 0 bridgehead atoms. The maximum Gasteiger partial charge on any atom is 0.224 e. The first-order valence-electron chi connectivity index (χ1n) is 9.11. The van der Waals surface area contributed by atoms with E-state index in [1.807, 2.05) is 42.5 Å². The molecule has 1 saturated heterocycles. The molecule has 138 valence electrons. The molecule has 1 heterocycles. The standard InChI is InChI=1S/C21H27N3O2/c1-23-13-15-24(16-14-23)20-6-4-3-5-19(20)22-21(25)12-9-17-7-10-18(26-2)11-8-17/h3-8,10-11H,9,12-16H2,1-2H3,(H,22,25). The molecule has 2 aromatic carbocycles. The lowest BCUT2D eigenvalue weighted by Gasteiger charge is -2.35. The highest BCUT2D eigenvalue weighted by Crippen LogP contribution is 2.26. The van der Waals surface area contributed by atoms with Crippen LogP contribution in [0.5, 0.6) is 5.75 Å². The van der Waals surface area contributed by atoms with Crippen LogP contribution in [0.4, 0.5) is 11.4 Å². The lowest BCUT2D eigenvalue weighted by molar-refractivity contribution is -0.116. The van der Waals surface area contributed by atoms with Gasteiger partial charge in [0, 0.05) is 32.6 Å². The fraction of sp³-hybridized carbons (Fsp3) is 0.381. The molecule has 0 saturated carbocycles. The van der Waals surface area contributed by atoms with E-state index in [1.165, 1.54) is 0 Å². The van der Waals surface area contributed by atoms with Crippen molar-refractivity contribution in [3.05, 3.63) is 54.1 Å². The molecule has 1 N–H and O–H groups in total. The van der Waals surface area contributed by atoms with Crippen molar-refractivity contribution < 1.29 is 9.53 Å². The summed E-state index contributed by atoms with van der Waals surface area (Å²) < 4.78 is 5.16. The van der Waals surface area contributed by atoms with Gasteiger partial charge in [0.05, 0.1) is 18.5 Å². The van der Waals surface area contributed by atoms with Gasteiger partial charge in [-0.15, -0.1) is 0 Å². The molecule has 0 unspecified atom stereocenters. The summed E-state index contributed by atoms with van der Waals surface area (Å²) >= 11 is 0. The molecule has 2 aromatic rings. The summed E-state index contributed by atoms with van der Waals surface area (Å²) in [6, 6.07) is 15.9. The summed E-state index contributed by atoms with van der Waals surface area (Å²) in [5.74, 6) is 0.877. The lowest BCUT2D eigenvalue weighted by atomic mass is 10.1. The number of hydrogen-bond acceptors (Lipinski definition) is 4. The van der Waals surface area contributed by atoms with Crippen molar-refractivity contribution in [3.8, 4) is 5.75 Å². The molecule has 26 heavy (non-hydrogen) atoms. The van der Waals surface area contributed by atoms with Gasteiger partial charge in [0.25, 0.3) is 0 Å². The van der Waals surface area contributed by atoms with Crippen molar-refractivity contribution in [2.24, 2.45) is 0 Å². The van der Waals surface area contributed by atoms with E-state index in [0.29, 0.717) is 12.8 Å². The van der Waals surface area contributed by atoms with Gasteiger partial charge < -0.3 is 19.9 Å². The minimum atomic E-state index is 0.0439. The monoisotopic (exact) mass is 353 g/mol. The van der Waals surface area contributed by atoms with Gasteiger partial charge in [-0.25, -0.2) is 0 Å². The Labute approximate surface area is 155 Å². The summed E-state index contributed by atoms with van der Waals surface area (Å²) in [6.07, 6.45) is 1.18. The second kappa shape index (κ2) is 8.72. The molecule has 1 aliphatic rings. The number of benzene rings is 2. The third kappa shape index (κ3) is 4.76. The minimum Gasteiger partial charge on any atom is -0.497 e. The van der Waals surface area contributed by atoms with E-state index in [-0.39, 0.29) is 5.91 Å². The quantitative estimate of drug-likeness (QED) is 0.867. The first kappa shape index (κ1) is 18.3. The van der Waals surface area contributed by atoms with Gasteiger partial charge in [-0.1, -0.05) is 24.3 Å². The SMILES string of the molecule is COc1ccc(CCC(=O)Nc2ccccc2N2CCN(C)CC2)cc1. The number of carbonyl (C=O) groups excluding carboxylic acids is 1. The Morgan fingerprint density at radius 1 is 1.04 bits per heavy atom. The molecular formula is C21H27N3O2. The number of nitrogens with one attached hydrogen (secondary N) is 1. The van der Waals surface area contributed by atoms with Gasteiger partial charge >= 0.3 is 0 Å². The topological polar surface area (TPSA) is 44.8 Å². The summed E-state index contributed by atoms with van der Waals surface area (Å²) in [5.41, 5.74) is 3.14. The zero-order valence-corrected chi connectivity index (χ0v) is 15.6. The highest BCUT2D eigenvalue weighted by atomic mass is 16.5. The molecule has 1 fully saturated rings. The Hall–Kier alpha value is -2.53. The number of carbonyl (C=O) groups is 1. The number of ether oxygens (including phenoxy) is 1. The van der Waals surface area contributed by atoms with Gasteiger partial charge in [0.2, 0.25) is 5.91 Å². The Kier molecular flexibility index (Phi) is 6.12. The maximum atomic E-state index is 12.4. The molecule has 5 nitrogen and oxygen atoms in total. The molecule has 1 amide bonds. The van der Waals surface area contributed by atoms with E-state index in [9.17, 15) is 4.79 Å². The summed E-state index contributed by atoms with van der Waals surface area (Å²) in [7, 11) is 3.80. The van der Waals surface area contributed by atoms with Crippen molar-refractivity contribution in [1.82, 2.24) is 4.90 Å². The van der Waals surface area contributed by atoms with Crippen molar-refractivity contribution >= 4 is 17.3 Å². The van der Waals surface area contributed by atoms with Gasteiger partial charge in [0.15, 0.2) is 0 Å². The number of anilines is 2. The second-order valence-corrected chi connectivity index (χ2v) is 6.70. The van der Waals surface area contributed by atoms with Crippen LogP contribution in [-0.2, 0) is 11.2 Å². The van der Waals surface area contributed by atoms with Crippen LogP contribution in [0.15, 0.2) is 48.5 Å². The van der Waals surface area contributed by atoms with Crippen molar-refractivity contribution in [3.63, 3.8) is 0 Å². The Balaban J connectivity index is 1.58. The van der Waals surface area contributed by atoms with Crippen LogP contribution in [-0.4, -0.2) is 51.1 Å². The van der Waals surface area contributed by atoms with Gasteiger partial charge in [-0.05, 0) is 43.3 Å². The van der Waals surface area contributed by atoms with Crippen LogP contribution >= 0.6 is 0 Å². The highest BCUT2D eigenvalue weighted by molar-refractivity contribution is 5.94. The normalized spacial score (nSPS) is 14.9. The van der Waals surface area contributed by atoms with Crippen LogP contribution in [0.25, 0.3) is 0 Å². The molecule has 0 aliphatic carbocycles. The number of piperazine rings is 1. The van der Waals surface area contributed by atoms with Crippen LogP contribution in [0.1, 0.15) is 12.0 Å². The van der Waals surface area contributed by atoms with E-state index in [0.717, 1.165) is 48.9 Å². The molecule has 0 aromatic heterocycles. The number of methoxy groups -OCH3 is 1. The van der Waals surface area contributed by atoms with Crippen molar-refractivity contribution in [2.45, 2.75) is 12.8 Å². The van der Waals surface area contributed by atoms with Crippen LogP contribution in [0.3, 0.4) is 0 Å². The van der Waals surface area contributed by atoms with E-state index in [1.54, 1.807) is 7.11 Å².